The van der Waals surface area contributed by atoms with Crippen molar-refractivity contribution in [3.8, 4) is 6.07 Å². The van der Waals surface area contributed by atoms with E-state index in [4.69, 9.17) is 15.7 Å². The molecular weight excluding hydrogens is 391 g/mol. The second-order valence-electron chi connectivity index (χ2n) is 6.77. The molecule has 0 spiro atoms. The summed E-state index contributed by atoms with van der Waals surface area (Å²) in [5.41, 5.74) is 7.44. The number of ether oxygens (including phenoxy) is 1. The number of amides is 2. The first-order valence-electron chi connectivity index (χ1n) is 9.15. The average molecular weight is 412 g/mol. The van der Waals surface area contributed by atoms with Gasteiger partial charge in [-0.05, 0) is 24.3 Å². The zero-order valence-corrected chi connectivity index (χ0v) is 16.3. The van der Waals surface area contributed by atoms with Crippen LogP contribution in [0.25, 0.3) is 0 Å². The molecule has 0 aliphatic carbocycles. The van der Waals surface area contributed by atoms with Crippen LogP contribution in [0.5, 0.6) is 0 Å². The van der Waals surface area contributed by atoms with Crippen LogP contribution < -0.4 is 21.3 Å². The first-order valence-corrected chi connectivity index (χ1v) is 9.15. The number of benzene rings is 1. The number of nitrogens with one attached hydrogen (secondary N) is 2. The third-order valence-electron chi connectivity index (χ3n) is 4.37. The molecule has 1 saturated heterocycles. The Morgan fingerprint density at radius 3 is 2.93 bits per heavy atom. The number of allylic oxidation sites excluding steroid dienone is 1. The molecular formula is C20H21FN6O3. The van der Waals surface area contributed by atoms with Gasteiger partial charge in [0.15, 0.2) is 0 Å². The largest absolute Gasteiger partial charge is 0.442 e. The smallest absolute Gasteiger partial charge is 0.414 e. The lowest BCUT2D eigenvalue weighted by Crippen LogP contribution is -2.33. The van der Waals surface area contributed by atoms with E-state index in [1.54, 1.807) is 29.1 Å². The molecule has 2 aromatic rings. The molecule has 10 heteroatoms. The number of hydrogen-bond donors (Lipinski definition) is 3. The fourth-order valence-electron chi connectivity index (χ4n) is 2.92. The summed E-state index contributed by atoms with van der Waals surface area (Å²) in [6.45, 7) is 2.11. The number of nitriles is 1. The summed E-state index contributed by atoms with van der Waals surface area (Å²) in [6.07, 6.45) is 3.75. The number of hydrogen-bond acceptors (Lipinski definition) is 6. The number of nitrogens with two attached hydrogens (primary N) is 1. The van der Waals surface area contributed by atoms with Crippen LogP contribution in [-0.4, -0.2) is 35.8 Å². The highest BCUT2D eigenvalue weighted by molar-refractivity contribution is 5.90. The summed E-state index contributed by atoms with van der Waals surface area (Å²) < 4.78 is 21.4. The van der Waals surface area contributed by atoms with Crippen molar-refractivity contribution in [3.05, 3.63) is 59.9 Å². The van der Waals surface area contributed by atoms with E-state index in [1.165, 1.54) is 30.2 Å². The first kappa shape index (κ1) is 20.7. The number of nitrogens with zero attached hydrogens (tertiary/aromatic N) is 3. The summed E-state index contributed by atoms with van der Waals surface area (Å²) in [5, 5.41) is 14.2. The van der Waals surface area contributed by atoms with Crippen molar-refractivity contribution >= 4 is 23.4 Å². The molecule has 0 bridgehead atoms. The van der Waals surface area contributed by atoms with Gasteiger partial charge in [0.2, 0.25) is 5.91 Å². The van der Waals surface area contributed by atoms with Crippen molar-refractivity contribution < 1.29 is 18.7 Å². The van der Waals surface area contributed by atoms with Crippen molar-refractivity contribution in [3.63, 3.8) is 0 Å². The molecule has 1 aliphatic rings. The quantitative estimate of drug-likeness (QED) is 0.638. The number of carbonyl (C=O) groups is 2. The molecule has 0 saturated carbocycles. The van der Waals surface area contributed by atoms with E-state index in [0.29, 0.717) is 23.5 Å². The Kier molecular flexibility index (Phi) is 6.22. The lowest BCUT2D eigenvalue weighted by Gasteiger charge is -2.14. The topological polar surface area (TPSA) is 125 Å². The Morgan fingerprint density at radius 2 is 2.27 bits per heavy atom. The van der Waals surface area contributed by atoms with Crippen LogP contribution in [0.3, 0.4) is 0 Å². The molecule has 9 nitrogen and oxygen atoms in total. The van der Waals surface area contributed by atoms with Crippen LogP contribution in [0.15, 0.2) is 48.6 Å². The third kappa shape index (κ3) is 5.08. The average Bonchev–Trinajstić information content (AvgIpc) is 3.31. The van der Waals surface area contributed by atoms with E-state index in [9.17, 15) is 14.0 Å². The summed E-state index contributed by atoms with van der Waals surface area (Å²) in [4.78, 5) is 24.3. The van der Waals surface area contributed by atoms with Gasteiger partial charge >= 0.3 is 6.09 Å². The Labute approximate surface area is 172 Å². The molecule has 2 amide bonds. The first-order chi connectivity index (χ1) is 14.4. The molecule has 1 atom stereocenters. The molecule has 1 aliphatic heterocycles. The third-order valence-corrected chi connectivity index (χ3v) is 4.37. The van der Waals surface area contributed by atoms with Gasteiger partial charge in [0.25, 0.3) is 0 Å². The van der Waals surface area contributed by atoms with E-state index in [0.717, 1.165) is 0 Å². The number of anilines is 2. The van der Waals surface area contributed by atoms with Crippen LogP contribution in [0.2, 0.25) is 0 Å². The fraction of sp³-hybridized carbons (Fsp3) is 0.250. The van der Waals surface area contributed by atoms with Crippen LogP contribution in [0, 0.1) is 17.1 Å². The zero-order chi connectivity index (χ0) is 21.7. The highest BCUT2D eigenvalue weighted by atomic mass is 19.1. The minimum Gasteiger partial charge on any atom is -0.442 e. The van der Waals surface area contributed by atoms with Crippen molar-refractivity contribution in [1.82, 2.24) is 9.88 Å². The van der Waals surface area contributed by atoms with Gasteiger partial charge < -0.3 is 25.7 Å². The number of cyclic esters (lactones) is 1. The van der Waals surface area contributed by atoms with Crippen LogP contribution in [0.1, 0.15) is 12.5 Å². The summed E-state index contributed by atoms with van der Waals surface area (Å²) in [5.74, 6) is -0.789. The van der Waals surface area contributed by atoms with Crippen LogP contribution in [-0.2, 0) is 16.1 Å². The second kappa shape index (κ2) is 9.00. The monoisotopic (exact) mass is 412 g/mol. The van der Waals surface area contributed by atoms with Gasteiger partial charge in [-0.25, -0.2) is 9.18 Å². The van der Waals surface area contributed by atoms with Crippen LogP contribution in [0.4, 0.5) is 20.6 Å². The van der Waals surface area contributed by atoms with Crippen molar-refractivity contribution in [2.24, 2.45) is 5.73 Å². The SMILES string of the molecule is CC(=O)NCC1CN(c2ccc(N/C=C(\N)Cn3ccc(C#N)c3)c(F)c2)C(=O)O1. The normalized spacial score (nSPS) is 16.2. The minimum atomic E-state index is -0.599. The van der Waals surface area contributed by atoms with E-state index in [2.05, 4.69) is 10.6 Å². The highest BCUT2D eigenvalue weighted by Crippen LogP contribution is 2.26. The molecule has 1 aromatic heterocycles. The van der Waals surface area contributed by atoms with Gasteiger partial charge in [0.1, 0.15) is 18.0 Å². The molecule has 1 fully saturated rings. The van der Waals surface area contributed by atoms with E-state index < -0.39 is 18.0 Å². The lowest BCUT2D eigenvalue weighted by molar-refractivity contribution is -0.119. The molecule has 1 unspecified atom stereocenters. The molecule has 156 valence electrons. The number of rotatable bonds is 7. The number of halogens is 1. The standard InChI is InChI=1S/C20H21FN6O3/c1-13(28)24-9-17-12-27(20(29)30-17)16-2-3-19(18(21)6-16)25-8-15(23)11-26-5-4-14(7-22)10-26/h2-6,8,10,17,25H,9,11-12,23H2,1H3,(H,24,28)/b15-8-. The Hall–Kier alpha value is -4.00. The zero-order valence-electron chi connectivity index (χ0n) is 16.3. The molecule has 2 heterocycles. The summed E-state index contributed by atoms with van der Waals surface area (Å²) in [6, 6.07) is 8.00. The van der Waals surface area contributed by atoms with Gasteiger partial charge in [-0.15, -0.1) is 0 Å². The minimum absolute atomic E-state index is 0.189. The maximum atomic E-state index is 14.5. The maximum Gasteiger partial charge on any atom is 0.414 e. The van der Waals surface area contributed by atoms with Crippen LogP contribution >= 0.6 is 0 Å². The molecule has 0 radical (unpaired) electrons. The van der Waals surface area contributed by atoms with Gasteiger partial charge in [-0.1, -0.05) is 0 Å². The highest BCUT2D eigenvalue weighted by Gasteiger charge is 2.32. The van der Waals surface area contributed by atoms with Gasteiger partial charge in [0.05, 0.1) is 36.6 Å². The van der Waals surface area contributed by atoms with Gasteiger partial charge in [0, 0.05) is 31.2 Å². The maximum absolute atomic E-state index is 14.5. The summed E-state index contributed by atoms with van der Waals surface area (Å²) in [7, 11) is 0. The van der Waals surface area contributed by atoms with E-state index in [1.807, 2.05) is 6.07 Å². The van der Waals surface area contributed by atoms with Crippen molar-refractivity contribution in [1.29, 1.82) is 5.26 Å². The van der Waals surface area contributed by atoms with Crippen molar-refractivity contribution in [2.75, 3.05) is 23.3 Å². The lowest BCUT2D eigenvalue weighted by atomic mass is 10.2. The van der Waals surface area contributed by atoms with E-state index in [-0.39, 0.29) is 24.7 Å². The molecule has 30 heavy (non-hydrogen) atoms. The Morgan fingerprint density at radius 1 is 1.47 bits per heavy atom. The molecule has 1 aromatic carbocycles. The Bertz CT molecular complexity index is 1030. The number of carbonyl (C=O) groups excluding carboxylic acids is 2. The summed E-state index contributed by atoms with van der Waals surface area (Å²) >= 11 is 0. The molecule has 4 N–H and O–H groups in total. The Balaban J connectivity index is 1.61. The van der Waals surface area contributed by atoms with Gasteiger partial charge in [-0.3, -0.25) is 9.69 Å². The molecule has 3 rings (SSSR count). The van der Waals surface area contributed by atoms with Crippen molar-refractivity contribution in [2.45, 2.75) is 19.6 Å². The number of aromatic nitrogens is 1. The van der Waals surface area contributed by atoms with Gasteiger partial charge in [-0.2, -0.15) is 5.26 Å². The second-order valence-corrected chi connectivity index (χ2v) is 6.77. The predicted octanol–water partition coefficient (Wildman–Crippen LogP) is 1.87. The van der Waals surface area contributed by atoms with E-state index >= 15 is 0 Å². The predicted molar refractivity (Wildman–Crippen MR) is 108 cm³/mol. The fourth-order valence-corrected chi connectivity index (χ4v) is 2.92.